The SMILES string of the molecule is CC(C)(C)C(=O)N1CCN(C(=O)c2cc(Cc3n[nH]c(=O)c4c3NCCC4)ccc2F)CC1. The van der Waals surface area contributed by atoms with Crippen LogP contribution in [-0.4, -0.2) is 64.5 Å². The summed E-state index contributed by atoms with van der Waals surface area (Å²) in [5, 5.41) is 9.99. The number of rotatable bonds is 3. The molecule has 1 fully saturated rings. The number of nitrogens with one attached hydrogen (secondary N) is 2. The summed E-state index contributed by atoms with van der Waals surface area (Å²) in [5.74, 6) is -0.911. The van der Waals surface area contributed by atoms with E-state index < -0.39 is 11.2 Å². The van der Waals surface area contributed by atoms with Crippen LogP contribution < -0.4 is 10.9 Å². The molecule has 2 aliphatic heterocycles. The molecule has 33 heavy (non-hydrogen) atoms. The normalized spacial score (nSPS) is 16.2. The van der Waals surface area contributed by atoms with E-state index in [1.165, 1.54) is 6.07 Å². The van der Waals surface area contributed by atoms with Gasteiger partial charge in [-0.25, -0.2) is 9.49 Å². The predicted molar refractivity (Wildman–Crippen MR) is 123 cm³/mol. The second-order valence-corrected chi connectivity index (χ2v) is 9.71. The van der Waals surface area contributed by atoms with E-state index in [-0.39, 0.29) is 22.9 Å². The van der Waals surface area contributed by atoms with E-state index in [2.05, 4.69) is 15.5 Å². The highest BCUT2D eigenvalue weighted by Gasteiger charge is 2.31. The molecule has 0 saturated carbocycles. The van der Waals surface area contributed by atoms with Crippen LogP contribution in [0.1, 0.15) is 54.4 Å². The molecular weight excluding hydrogens is 425 g/mol. The van der Waals surface area contributed by atoms with Crippen LogP contribution in [0.2, 0.25) is 0 Å². The van der Waals surface area contributed by atoms with E-state index in [9.17, 15) is 18.8 Å². The van der Waals surface area contributed by atoms with Crippen LogP contribution >= 0.6 is 0 Å². The Hall–Kier alpha value is -3.23. The molecule has 8 nitrogen and oxygen atoms in total. The van der Waals surface area contributed by atoms with Crippen molar-refractivity contribution in [3.63, 3.8) is 0 Å². The molecule has 1 aromatic carbocycles. The summed E-state index contributed by atoms with van der Waals surface area (Å²) in [6.07, 6.45) is 1.92. The summed E-state index contributed by atoms with van der Waals surface area (Å²) >= 11 is 0. The number of aromatic nitrogens is 2. The number of nitrogens with zero attached hydrogens (tertiary/aromatic N) is 3. The fourth-order valence-corrected chi connectivity index (χ4v) is 4.38. The number of H-pyrrole nitrogens is 1. The zero-order valence-corrected chi connectivity index (χ0v) is 19.3. The van der Waals surface area contributed by atoms with Crippen molar-refractivity contribution in [2.24, 2.45) is 5.41 Å². The Kier molecular flexibility index (Phi) is 6.23. The number of benzene rings is 1. The largest absolute Gasteiger partial charge is 0.383 e. The lowest BCUT2D eigenvalue weighted by molar-refractivity contribution is -0.140. The predicted octanol–water partition coefficient (Wildman–Crippen LogP) is 2.19. The van der Waals surface area contributed by atoms with E-state index >= 15 is 0 Å². The fraction of sp³-hybridized carbons (Fsp3) is 0.500. The van der Waals surface area contributed by atoms with Gasteiger partial charge < -0.3 is 15.1 Å². The lowest BCUT2D eigenvalue weighted by Crippen LogP contribution is -2.53. The van der Waals surface area contributed by atoms with Gasteiger partial charge in [-0.1, -0.05) is 26.8 Å². The van der Waals surface area contributed by atoms with E-state index in [1.54, 1.807) is 21.9 Å². The minimum atomic E-state index is -0.577. The highest BCUT2D eigenvalue weighted by atomic mass is 19.1. The topological polar surface area (TPSA) is 98.4 Å². The summed E-state index contributed by atoms with van der Waals surface area (Å²) in [5.41, 5.74) is 2.17. The summed E-state index contributed by atoms with van der Waals surface area (Å²) in [6, 6.07) is 4.49. The highest BCUT2D eigenvalue weighted by Crippen LogP contribution is 2.25. The lowest BCUT2D eigenvalue weighted by Gasteiger charge is -2.37. The third kappa shape index (κ3) is 4.77. The lowest BCUT2D eigenvalue weighted by atomic mass is 9.94. The summed E-state index contributed by atoms with van der Waals surface area (Å²) < 4.78 is 14.6. The molecule has 4 rings (SSSR count). The van der Waals surface area contributed by atoms with Crippen molar-refractivity contribution in [2.45, 2.75) is 40.0 Å². The molecule has 176 valence electrons. The number of fused-ring (bicyclic) bond motifs is 1. The molecule has 0 aliphatic carbocycles. The second kappa shape index (κ2) is 8.96. The Morgan fingerprint density at radius 2 is 1.82 bits per heavy atom. The molecule has 2 amide bonds. The van der Waals surface area contributed by atoms with Gasteiger partial charge in [-0.3, -0.25) is 14.4 Å². The number of hydrogen-bond acceptors (Lipinski definition) is 5. The van der Waals surface area contributed by atoms with Crippen molar-refractivity contribution < 1.29 is 14.0 Å². The first-order chi connectivity index (χ1) is 15.6. The van der Waals surface area contributed by atoms with Crippen molar-refractivity contribution in [1.82, 2.24) is 20.0 Å². The molecule has 0 unspecified atom stereocenters. The van der Waals surface area contributed by atoms with Gasteiger partial charge in [-0.2, -0.15) is 5.10 Å². The molecule has 2 aliphatic rings. The minimum Gasteiger partial charge on any atom is -0.383 e. The maximum absolute atomic E-state index is 14.6. The molecule has 0 atom stereocenters. The van der Waals surface area contributed by atoms with Gasteiger partial charge in [0.2, 0.25) is 5.91 Å². The number of carbonyl (C=O) groups is 2. The van der Waals surface area contributed by atoms with Gasteiger partial charge in [-0.05, 0) is 30.5 Å². The van der Waals surface area contributed by atoms with Crippen LogP contribution in [-0.2, 0) is 17.6 Å². The standard InChI is InChI=1S/C24H30FN5O3/c1-24(2,3)23(33)30-11-9-29(10-12-30)22(32)17-13-15(6-7-18(17)25)14-19-20-16(5-4-8-26-20)21(31)28-27-19/h6-7,13,26H,4-5,8-12,14H2,1-3H3,(H,28,31). The molecule has 1 aromatic heterocycles. The van der Waals surface area contributed by atoms with E-state index in [1.807, 2.05) is 20.8 Å². The van der Waals surface area contributed by atoms with Crippen LogP contribution in [0, 0.1) is 11.2 Å². The maximum Gasteiger partial charge on any atom is 0.269 e. The number of piperazine rings is 1. The summed E-state index contributed by atoms with van der Waals surface area (Å²) in [4.78, 5) is 41.0. The first-order valence-electron chi connectivity index (χ1n) is 11.4. The molecule has 1 saturated heterocycles. The molecule has 3 heterocycles. The van der Waals surface area contributed by atoms with Gasteiger partial charge >= 0.3 is 0 Å². The molecule has 2 N–H and O–H groups in total. The van der Waals surface area contributed by atoms with Crippen LogP contribution in [0.5, 0.6) is 0 Å². The molecule has 0 bridgehead atoms. The highest BCUT2D eigenvalue weighted by molar-refractivity contribution is 5.95. The number of anilines is 1. The van der Waals surface area contributed by atoms with Crippen molar-refractivity contribution in [1.29, 1.82) is 0 Å². The summed E-state index contributed by atoms with van der Waals surface area (Å²) in [6.45, 7) is 7.98. The third-order valence-corrected chi connectivity index (χ3v) is 6.19. The third-order valence-electron chi connectivity index (χ3n) is 6.19. The van der Waals surface area contributed by atoms with Gasteiger partial charge in [-0.15, -0.1) is 0 Å². The number of carbonyl (C=O) groups excluding carboxylic acids is 2. The number of hydrogen-bond donors (Lipinski definition) is 2. The number of aromatic amines is 1. The van der Waals surface area contributed by atoms with Gasteiger partial charge in [0.15, 0.2) is 0 Å². The maximum atomic E-state index is 14.6. The van der Waals surface area contributed by atoms with Gasteiger partial charge in [0.05, 0.1) is 16.9 Å². The zero-order chi connectivity index (χ0) is 23.8. The second-order valence-electron chi connectivity index (χ2n) is 9.71. The number of halogens is 1. The fourth-order valence-electron chi connectivity index (χ4n) is 4.38. The Bertz CT molecular complexity index is 1130. The van der Waals surface area contributed by atoms with Crippen LogP contribution in [0.4, 0.5) is 10.1 Å². The quantitative estimate of drug-likeness (QED) is 0.739. The van der Waals surface area contributed by atoms with Crippen molar-refractivity contribution in [3.05, 3.63) is 56.8 Å². The zero-order valence-electron chi connectivity index (χ0n) is 19.3. The average Bonchev–Trinajstić information content (AvgIpc) is 2.81. The van der Waals surface area contributed by atoms with E-state index in [0.29, 0.717) is 50.3 Å². The molecule has 9 heteroatoms. The Labute approximate surface area is 192 Å². The van der Waals surface area contributed by atoms with E-state index in [4.69, 9.17) is 0 Å². The summed E-state index contributed by atoms with van der Waals surface area (Å²) in [7, 11) is 0. The average molecular weight is 456 g/mol. The molecular formula is C24H30FN5O3. The minimum absolute atomic E-state index is 0.00866. The molecule has 0 radical (unpaired) electrons. The Morgan fingerprint density at radius 1 is 1.12 bits per heavy atom. The van der Waals surface area contributed by atoms with Gasteiger partial charge in [0, 0.05) is 50.1 Å². The van der Waals surface area contributed by atoms with Crippen LogP contribution in [0.3, 0.4) is 0 Å². The molecule has 2 aromatic rings. The monoisotopic (exact) mass is 455 g/mol. The van der Waals surface area contributed by atoms with Crippen LogP contribution in [0.25, 0.3) is 0 Å². The Balaban J connectivity index is 1.50. The number of amides is 2. The van der Waals surface area contributed by atoms with Crippen molar-refractivity contribution >= 4 is 17.5 Å². The smallest absolute Gasteiger partial charge is 0.269 e. The first kappa shape index (κ1) is 22.9. The van der Waals surface area contributed by atoms with Gasteiger partial charge in [0.1, 0.15) is 5.82 Å². The Morgan fingerprint density at radius 3 is 2.52 bits per heavy atom. The van der Waals surface area contributed by atoms with Gasteiger partial charge in [0.25, 0.3) is 11.5 Å². The van der Waals surface area contributed by atoms with Crippen LogP contribution in [0.15, 0.2) is 23.0 Å². The molecule has 0 spiro atoms. The van der Waals surface area contributed by atoms with Crippen molar-refractivity contribution in [3.8, 4) is 0 Å². The van der Waals surface area contributed by atoms with E-state index in [0.717, 1.165) is 24.2 Å². The van der Waals surface area contributed by atoms with Crippen molar-refractivity contribution in [2.75, 3.05) is 38.0 Å². The first-order valence-corrected chi connectivity index (χ1v) is 11.4.